The number of nitrogens with zero attached hydrogens (tertiary/aromatic N) is 2. The molecular formula is C46H28N2O2. The van der Waals surface area contributed by atoms with Crippen molar-refractivity contribution >= 4 is 43.9 Å². The number of hydrogen-bond donors (Lipinski definition) is 0. The van der Waals surface area contributed by atoms with E-state index in [2.05, 4.69) is 115 Å². The molecule has 0 bridgehead atoms. The Morgan fingerprint density at radius 1 is 0.320 bits per heavy atom. The fraction of sp³-hybridized carbons (Fsp3) is 0. The largest absolute Gasteiger partial charge is 0.455 e. The maximum atomic E-state index is 6.71. The molecule has 0 fully saturated rings. The van der Waals surface area contributed by atoms with Gasteiger partial charge in [0.05, 0.1) is 17.0 Å². The predicted octanol–water partition coefficient (Wildman–Crippen LogP) is 12.6. The van der Waals surface area contributed by atoms with Crippen LogP contribution in [0.15, 0.2) is 179 Å². The van der Waals surface area contributed by atoms with E-state index in [4.69, 9.17) is 18.8 Å². The Bertz CT molecular complexity index is 2780. The number of rotatable bonds is 5. The number of furan rings is 2. The summed E-state index contributed by atoms with van der Waals surface area (Å²) in [7, 11) is 0. The Kier molecular flexibility index (Phi) is 6.46. The van der Waals surface area contributed by atoms with Gasteiger partial charge in [-0.05, 0) is 59.2 Å². The predicted molar refractivity (Wildman–Crippen MR) is 204 cm³/mol. The van der Waals surface area contributed by atoms with Gasteiger partial charge in [0.1, 0.15) is 22.3 Å². The fourth-order valence-corrected chi connectivity index (χ4v) is 7.05. The minimum atomic E-state index is 0.659. The van der Waals surface area contributed by atoms with Crippen LogP contribution in [0.1, 0.15) is 0 Å². The molecule has 0 amide bonds. The van der Waals surface area contributed by atoms with Crippen molar-refractivity contribution < 1.29 is 8.83 Å². The minimum Gasteiger partial charge on any atom is -0.455 e. The molecule has 234 valence electrons. The lowest BCUT2D eigenvalue weighted by atomic mass is 9.97. The Morgan fingerprint density at radius 3 is 1.28 bits per heavy atom. The molecule has 50 heavy (non-hydrogen) atoms. The Labute approximate surface area is 287 Å². The summed E-state index contributed by atoms with van der Waals surface area (Å²) < 4.78 is 13.4. The lowest BCUT2D eigenvalue weighted by molar-refractivity contribution is 0.658. The van der Waals surface area contributed by atoms with Crippen LogP contribution in [0.25, 0.3) is 100 Å². The first kappa shape index (κ1) is 28.3. The van der Waals surface area contributed by atoms with Gasteiger partial charge >= 0.3 is 0 Å². The normalized spacial score (nSPS) is 11.6. The van der Waals surface area contributed by atoms with Crippen LogP contribution in [0.4, 0.5) is 0 Å². The zero-order valence-corrected chi connectivity index (χ0v) is 26.9. The fourth-order valence-electron chi connectivity index (χ4n) is 7.05. The summed E-state index contributed by atoms with van der Waals surface area (Å²) >= 11 is 0. The molecule has 0 aliphatic heterocycles. The van der Waals surface area contributed by atoms with E-state index >= 15 is 0 Å². The third kappa shape index (κ3) is 4.69. The van der Waals surface area contributed by atoms with Crippen molar-refractivity contribution in [3.8, 4) is 56.2 Å². The van der Waals surface area contributed by atoms with E-state index in [0.717, 1.165) is 88.6 Å². The summed E-state index contributed by atoms with van der Waals surface area (Å²) in [6.07, 6.45) is 0. The van der Waals surface area contributed by atoms with Crippen LogP contribution >= 0.6 is 0 Å². The third-order valence-electron chi connectivity index (χ3n) is 9.49. The van der Waals surface area contributed by atoms with Crippen LogP contribution in [0, 0.1) is 0 Å². The van der Waals surface area contributed by atoms with Crippen molar-refractivity contribution in [2.24, 2.45) is 0 Å². The van der Waals surface area contributed by atoms with Crippen molar-refractivity contribution in [2.75, 3.05) is 0 Å². The number of hydrogen-bond acceptors (Lipinski definition) is 4. The van der Waals surface area contributed by atoms with Gasteiger partial charge < -0.3 is 8.83 Å². The van der Waals surface area contributed by atoms with Gasteiger partial charge in [-0.3, -0.25) is 0 Å². The van der Waals surface area contributed by atoms with E-state index in [1.54, 1.807) is 0 Å². The molecule has 10 aromatic rings. The Balaban J connectivity index is 1.23. The molecule has 3 heterocycles. The highest BCUT2D eigenvalue weighted by Crippen LogP contribution is 2.45. The zero-order valence-electron chi connectivity index (χ0n) is 26.9. The van der Waals surface area contributed by atoms with Crippen molar-refractivity contribution in [1.82, 2.24) is 9.97 Å². The van der Waals surface area contributed by atoms with Crippen LogP contribution in [-0.4, -0.2) is 9.97 Å². The van der Waals surface area contributed by atoms with Crippen LogP contribution in [0.2, 0.25) is 0 Å². The highest BCUT2D eigenvalue weighted by molar-refractivity contribution is 6.22. The van der Waals surface area contributed by atoms with Crippen LogP contribution in [0.3, 0.4) is 0 Å². The van der Waals surface area contributed by atoms with E-state index in [1.807, 2.05) is 54.6 Å². The highest BCUT2D eigenvalue weighted by Gasteiger charge is 2.22. The smallest absolute Gasteiger partial charge is 0.160 e. The average molecular weight is 641 g/mol. The summed E-state index contributed by atoms with van der Waals surface area (Å²) in [6.45, 7) is 0. The molecule has 0 atom stereocenters. The summed E-state index contributed by atoms with van der Waals surface area (Å²) in [5.41, 5.74) is 12.3. The average Bonchev–Trinajstić information content (AvgIpc) is 3.75. The van der Waals surface area contributed by atoms with E-state index < -0.39 is 0 Å². The van der Waals surface area contributed by atoms with Gasteiger partial charge in [0.25, 0.3) is 0 Å². The van der Waals surface area contributed by atoms with E-state index in [1.165, 1.54) is 5.56 Å². The monoisotopic (exact) mass is 640 g/mol. The molecule has 10 rings (SSSR count). The summed E-state index contributed by atoms with van der Waals surface area (Å²) in [5.74, 6) is 0.659. The molecule has 0 aliphatic carbocycles. The van der Waals surface area contributed by atoms with E-state index in [9.17, 15) is 0 Å². The second-order valence-electron chi connectivity index (χ2n) is 12.6. The summed E-state index contributed by atoms with van der Waals surface area (Å²) in [6, 6.07) is 58.4. The SMILES string of the molecule is c1ccc(-c2ccc3oc4c(-c5ccccc5)c5oc6ccc(-c7nc(-c8ccccc8)cc(-c8ccccc8)n7)cc6c5cc4c3c2)cc1. The molecule has 4 nitrogen and oxygen atoms in total. The molecule has 7 aromatic carbocycles. The lowest BCUT2D eigenvalue weighted by Crippen LogP contribution is -1.95. The first-order valence-corrected chi connectivity index (χ1v) is 16.7. The maximum absolute atomic E-state index is 6.71. The van der Waals surface area contributed by atoms with Crippen molar-refractivity contribution in [3.63, 3.8) is 0 Å². The summed E-state index contributed by atoms with van der Waals surface area (Å²) in [5, 5.41) is 4.13. The number of aromatic nitrogens is 2. The molecule has 0 saturated carbocycles. The van der Waals surface area contributed by atoms with Gasteiger partial charge in [0.15, 0.2) is 5.82 Å². The van der Waals surface area contributed by atoms with Crippen molar-refractivity contribution in [2.45, 2.75) is 0 Å². The van der Waals surface area contributed by atoms with Gasteiger partial charge in [0, 0.05) is 38.2 Å². The molecular weight excluding hydrogens is 613 g/mol. The first-order valence-electron chi connectivity index (χ1n) is 16.7. The highest BCUT2D eigenvalue weighted by atomic mass is 16.3. The third-order valence-corrected chi connectivity index (χ3v) is 9.49. The molecule has 0 radical (unpaired) electrons. The molecule has 0 unspecified atom stereocenters. The molecule has 0 spiro atoms. The summed E-state index contributed by atoms with van der Waals surface area (Å²) in [4.78, 5) is 10.2. The maximum Gasteiger partial charge on any atom is 0.160 e. The molecule has 4 heteroatoms. The molecule has 0 saturated heterocycles. The lowest BCUT2D eigenvalue weighted by Gasteiger charge is -2.09. The molecule has 3 aromatic heterocycles. The van der Waals surface area contributed by atoms with Crippen molar-refractivity contribution in [1.29, 1.82) is 0 Å². The zero-order chi connectivity index (χ0) is 33.0. The van der Waals surface area contributed by atoms with Gasteiger partial charge in [-0.15, -0.1) is 0 Å². The molecule has 0 N–H and O–H groups in total. The Morgan fingerprint density at radius 2 is 0.760 bits per heavy atom. The topological polar surface area (TPSA) is 52.1 Å². The minimum absolute atomic E-state index is 0.659. The van der Waals surface area contributed by atoms with Crippen LogP contribution in [0.5, 0.6) is 0 Å². The Hall–Kier alpha value is -6.78. The quantitative estimate of drug-likeness (QED) is 0.188. The van der Waals surface area contributed by atoms with Crippen LogP contribution < -0.4 is 0 Å². The van der Waals surface area contributed by atoms with Gasteiger partial charge in [0.2, 0.25) is 0 Å². The van der Waals surface area contributed by atoms with E-state index in [0.29, 0.717) is 5.82 Å². The second-order valence-corrected chi connectivity index (χ2v) is 12.6. The first-order chi connectivity index (χ1) is 24.8. The van der Waals surface area contributed by atoms with Crippen molar-refractivity contribution in [3.05, 3.63) is 170 Å². The standard InChI is InChI=1S/C46H28N2O2/c1-5-13-29(14-6-1)33-21-23-41-35(25-33)37-27-38-36-26-34(22-24-42(36)50-45(38)43(44(37)49-41)32-19-11-4-12-20-32)46-47-39(30-15-7-2-8-16-30)28-40(48-46)31-17-9-3-10-18-31/h1-28H. The van der Waals surface area contributed by atoms with Crippen LogP contribution in [-0.2, 0) is 0 Å². The van der Waals surface area contributed by atoms with Gasteiger partial charge in [-0.2, -0.15) is 0 Å². The second kappa shape index (κ2) is 11.4. The van der Waals surface area contributed by atoms with E-state index in [-0.39, 0.29) is 0 Å². The van der Waals surface area contributed by atoms with Gasteiger partial charge in [-0.1, -0.05) is 127 Å². The molecule has 0 aliphatic rings. The number of benzene rings is 7. The number of fused-ring (bicyclic) bond motifs is 6. The van der Waals surface area contributed by atoms with Gasteiger partial charge in [-0.25, -0.2) is 9.97 Å².